The van der Waals surface area contributed by atoms with Crippen LogP contribution in [0.1, 0.15) is 54.5 Å². The summed E-state index contributed by atoms with van der Waals surface area (Å²) in [6.07, 6.45) is 3.26. The summed E-state index contributed by atoms with van der Waals surface area (Å²) in [6, 6.07) is 11.6. The molecular weight excluding hydrogens is 424 g/mol. The molecule has 4 rings (SSSR count). The minimum atomic E-state index is -4.66. The summed E-state index contributed by atoms with van der Waals surface area (Å²) in [4.78, 5) is 1.40. The molecule has 0 atom stereocenters. The molecule has 164 valence electrons. The lowest BCUT2D eigenvalue weighted by Crippen LogP contribution is -2.10. The van der Waals surface area contributed by atoms with E-state index in [1.807, 2.05) is 30.4 Å². The molecule has 1 heterocycles. The largest absolute Gasteiger partial charge is 0.494 e. The van der Waals surface area contributed by atoms with Crippen molar-refractivity contribution in [3.05, 3.63) is 70.4 Å². The average Bonchev–Trinajstić information content (AvgIpc) is 3.15. The van der Waals surface area contributed by atoms with Gasteiger partial charge in [-0.15, -0.1) is 11.3 Å². The summed E-state index contributed by atoms with van der Waals surface area (Å²) >= 11 is 1.83. The molecule has 1 fully saturated rings. The number of hydrogen-bond acceptors (Lipinski definition) is 2. The van der Waals surface area contributed by atoms with E-state index in [0.717, 1.165) is 43.6 Å². The first-order chi connectivity index (χ1) is 14.8. The van der Waals surface area contributed by atoms with Gasteiger partial charge in [-0.25, -0.2) is 4.39 Å². The fourth-order valence-electron chi connectivity index (χ4n) is 4.20. The van der Waals surface area contributed by atoms with Crippen LogP contribution in [0, 0.1) is 11.7 Å². The van der Waals surface area contributed by atoms with Crippen molar-refractivity contribution >= 4 is 27.5 Å². The number of rotatable bonds is 5. The van der Waals surface area contributed by atoms with Crippen molar-refractivity contribution in [1.82, 2.24) is 0 Å². The van der Waals surface area contributed by atoms with Gasteiger partial charge in [0.1, 0.15) is 11.6 Å². The molecule has 0 saturated heterocycles. The van der Waals surface area contributed by atoms with Crippen molar-refractivity contribution in [1.29, 1.82) is 0 Å². The number of halogens is 4. The van der Waals surface area contributed by atoms with E-state index in [-0.39, 0.29) is 0 Å². The third-order valence-electron chi connectivity index (χ3n) is 5.86. The summed E-state index contributed by atoms with van der Waals surface area (Å²) in [5, 5.41) is 1.25. The predicted octanol–water partition coefficient (Wildman–Crippen LogP) is 8.45. The number of hydrogen-bond donors (Lipinski definition) is 0. The summed E-state index contributed by atoms with van der Waals surface area (Å²) in [5.74, 6) is 0.564. The number of alkyl halides is 3. The molecule has 1 nitrogen and oxygen atoms in total. The first kappa shape index (κ1) is 21.9. The standard InChI is InChI=1S/C25H24F4OS/c1-2-30-20-11-10-19-14-23(31-24(19)15-20)18-8-5-16(6-9-18)3-4-17-7-12-21(22(26)13-17)25(27,28)29/h3-4,7,10-16,18H,2,5-6,8-9H2,1H3/b4-3+. The highest BCUT2D eigenvalue weighted by Crippen LogP contribution is 2.42. The zero-order chi connectivity index (χ0) is 22.0. The summed E-state index contributed by atoms with van der Waals surface area (Å²) in [6.45, 7) is 2.63. The minimum absolute atomic E-state index is 0.362. The van der Waals surface area contributed by atoms with Crippen LogP contribution in [0.3, 0.4) is 0 Å². The lowest BCUT2D eigenvalue weighted by atomic mass is 9.81. The van der Waals surface area contributed by atoms with E-state index in [0.29, 0.717) is 24.0 Å². The Labute approximate surface area is 183 Å². The smallest absolute Gasteiger partial charge is 0.419 e. The number of ether oxygens (including phenoxy) is 1. The van der Waals surface area contributed by atoms with Crippen LogP contribution in [-0.2, 0) is 6.18 Å². The first-order valence-corrected chi connectivity index (χ1v) is 11.4. The van der Waals surface area contributed by atoms with Crippen LogP contribution in [0.15, 0.2) is 48.5 Å². The summed E-state index contributed by atoms with van der Waals surface area (Å²) < 4.78 is 58.7. The first-order valence-electron chi connectivity index (χ1n) is 10.5. The van der Waals surface area contributed by atoms with E-state index in [9.17, 15) is 17.6 Å². The van der Waals surface area contributed by atoms with Crippen LogP contribution in [0.5, 0.6) is 5.75 Å². The molecule has 0 amide bonds. The van der Waals surface area contributed by atoms with Crippen LogP contribution in [-0.4, -0.2) is 6.61 Å². The van der Waals surface area contributed by atoms with Crippen molar-refractivity contribution in [2.75, 3.05) is 6.61 Å². The van der Waals surface area contributed by atoms with E-state index in [4.69, 9.17) is 4.74 Å². The summed E-state index contributed by atoms with van der Waals surface area (Å²) in [7, 11) is 0. The number of allylic oxidation sites excluding steroid dienone is 1. The van der Waals surface area contributed by atoms with Gasteiger partial charge in [-0.3, -0.25) is 0 Å². The van der Waals surface area contributed by atoms with Gasteiger partial charge in [-0.05, 0) is 91.8 Å². The SMILES string of the molecule is CCOc1ccc2cc(C3CCC(/C=C/c4ccc(C(F)(F)F)c(F)c4)CC3)sc2c1. The quantitative estimate of drug-likeness (QED) is 0.356. The monoisotopic (exact) mass is 448 g/mol. The van der Waals surface area contributed by atoms with Crippen LogP contribution in [0.25, 0.3) is 16.2 Å². The fraction of sp³-hybridized carbons (Fsp3) is 0.360. The van der Waals surface area contributed by atoms with Gasteiger partial charge in [-0.1, -0.05) is 18.2 Å². The zero-order valence-corrected chi connectivity index (χ0v) is 18.0. The molecule has 0 unspecified atom stereocenters. The molecule has 1 aliphatic carbocycles. The lowest BCUT2D eigenvalue weighted by molar-refractivity contribution is -0.140. The number of fused-ring (bicyclic) bond motifs is 1. The van der Waals surface area contributed by atoms with E-state index in [1.165, 1.54) is 21.0 Å². The van der Waals surface area contributed by atoms with E-state index >= 15 is 0 Å². The van der Waals surface area contributed by atoms with Crippen LogP contribution < -0.4 is 4.74 Å². The van der Waals surface area contributed by atoms with Crippen molar-refractivity contribution < 1.29 is 22.3 Å². The summed E-state index contributed by atoms with van der Waals surface area (Å²) in [5.41, 5.74) is -0.760. The zero-order valence-electron chi connectivity index (χ0n) is 17.2. The third-order valence-corrected chi connectivity index (χ3v) is 7.12. The second-order valence-corrected chi connectivity index (χ2v) is 9.10. The molecule has 0 radical (unpaired) electrons. The number of thiophene rings is 1. The van der Waals surface area contributed by atoms with Crippen molar-refractivity contribution in [2.45, 2.75) is 44.7 Å². The van der Waals surface area contributed by atoms with Gasteiger partial charge >= 0.3 is 6.18 Å². The highest BCUT2D eigenvalue weighted by molar-refractivity contribution is 7.19. The van der Waals surface area contributed by atoms with Gasteiger partial charge in [0.25, 0.3) is 0 Å². The second kappa shape index (κ2) is 9.03. The fourth-order valence-corrected chi connectivity index (χ4v) is 5.46. The van der Waals surface area contributed by atoms with Gasteiger partial charge in [-0.2, -0.15) is 13.2 Å². The van der Waals surface area contributed by atoms with Gasteiger partial charge in [0.2, 0.25) is 0 Å². The third kappa shape index (κ3) is 5.12. The molecule has 1 saturated carbocycles. The molecule has 0 N–H and O–H groups in total. The second-order valence-electron chi connectivity index (χ2n) is 7.99. The molecule has 1 aromatic heterocycles. The van der Waals surface area contributed by atoms with Crippen molar-refractivity contribution in [3.8, 4) is 5.75 Å². The van der Waals surface area contributed by atoms with Crippen LogP contribution in [0.2, 0.25) is 0 Å². The highest BCUT2D eigenvalue weighted by Gasteiger charge is 2.33. The minimum Gasteiger partial charge on any atom is -0.494 e. The van der Waals surface area contributed by atoms with Crippen LogP contribution in [0.4, 0.5) is 17.6 Å². The molecule has 31 heavy (non-hydrogen) atoms. The molecule has 0 spiro atoms. The Bertz CT molecular complexity index is 1070. The molecule has 3 aromatic rings. The van der Waals surface area contributed by atoms with E-state index in [1.54, 1.807) is 6.08 Å². The molecule has 0 aliphatic heterocycles. The maximum absolute atomic E-state index is 13.7. The molecule has 0 bridgehead atoms. The van der Waals surface area contributed by atoms with Gasteiger partial charge in [0.05, 0.1) is 12.2 Å². The molecular formula is C25H24F4OS. The van der Waals surface area contributed by atoms with E-state index < -0.39 is 17.6 Å². The van der Waals surface area contributed by atoms with Gasteiger partial charge in [0, 0.05) is 9.58 Å². The molecule has 6 heteroatoms. The Morgan fingerprint density at radius 1 is 1.03 bits per heavy atom. The Morgan fingerprint density at radius 3 is 2.48 bits per heavy atom. The molecule has 2 aromatic carbocycles. The average molecular weight is 449 g/mol. The molecule has 1 aliphatic rings. The Balaban J connectivity index is 1.37. The van der Waals surface area contributed by atoms with Crippen molar-refractivity contribution in [3.63, 3.8) is 0 Å². The highest BCUT2D eigenvalue weighted by atomic mass is 32.1. The maximum atomic E-state index is 13.7. The maximum Gasteiger partial charge on any atom is 0.419 e. The normalized spacial score (nSPS) is 19.9. The predicted molar refractivity (Wildman–Crippen MR) is 118 cm³/mol. The Hall–Kier alpha value is -2.34. The Morgan fingerprint density at radius 2 is 1.81 bits per heavy atom. The van der Waals surface area contributed by atoms with Crippen molar-refractivity contribution in [2.24, 2.45) is 5.92 Å². The van der Waals surface area contributed by atoms with Gasteiger partial charge < -0.3 is 4.74 Å². The van der Waals surface area contributed by atoms with E-state index in [2.05, 4.69) is 18.2 Å². The lowest BCUT2D eigenvalue weighted by Gasteiger charge is -2.26. The number of benzene rings is 2. The topological polar surface area (TPSA) is 9.23 Å². The van der Waals surface area contributed by atoms with Gasteiger partial charge in [0.15, 0.2) is 0 Å². The van der Waals surface area contributed by atoms with Crippen LogP contribution >= 0.6 is 11.3 Å². The Kier molecular flexibility index (Phi) is 6.37.